The van der Waals surface area contributed by atoms with Gasteiger partial charge in [0.2, 0.25) is 0 Å². The Bertz CT molecular complexity index is 392. The smallest absolute Gasteiger partial charge is 0.273 e. The van der Waals surface area contributed by atoms with Crippen LogP contribution in [-0.4, -0.2) is 11.2 Å². The first-order valence-corrected chi connectivity index (χ1v) is 4.92. The van der Waals surface area contributed by atoms with Crippen LogP contribution in [0, 0.1) is 10.1 Å². The van der Waals surface area contributed by atoms with Gasteiger partial charge >= 0.3 is 0 Å². The van der Waals surface area contributed by atoms with Crippen LogP contribution in [0.15, 0.2) is 18.2 Å². The lowest BCUT2D eigenvalue weighted by atomic mass is 9.99. The van der Waals surface area contributed by atoms with Gasteiger partial charge in [-0.2, -0.15) is 0 Å². The van der Waals surface area contributed by atoms with E-state index in [4.69, 9.17) is 11.6 Å². The van der Waals surface area contributed by atoms with Crippen LogP contribution < -0.4 is 0 Å². The minimum absolute atomic E-state index is 0.0484. The minimum Gasteiger partial charge on any atom is -0.303 e. The number of carbonyl (C=O) groups is 1. The van der Waals surface area contributed by atoms with Crippen LogP contribution in [0.1, 0.15) is 24.0 Å². The number of rotatable bonds is 4. The largest absolute Gasteiger partial charge is 0.303 e. The lowest BCUT2D eigenvalue weighted by Crippen LogP contribution is -2.01. The van der Waals surface area contributed by atoms with E-state index in [0.29, 0.717) is 17.4 Å². The molecular weight excluding hydrogens is 218 g/mol. The third kappa shape index (κ3) is 2.53. The van der Waals surface area contributed by atoms with Gasteiger partial charge in [0.1, 0.15) is 6.29 Å². The summed E-state index contributed by atoms with van der Waals surface area (Å²) in [7, 11) is 0. The normalized spacial score (nSPS) is 12.1. The Labute approximate surface area is 92.0 Å². The molecule has 0 fully saturated rings. The average Bonchev–Trinajstić information content (AvgIpc) is 2.27. The fraction of sp³-hybridized carbons (Fsp3) is 0.300. The van der Waals surface area contributed by atoms with E-state index in [1.165, 1.54) is 6.07 Å². The van der Waals surface area contributed by atoms with Crippen molar-refractivity contribution in [3.05, 3.63) is 39.4 Å². The summed E-state index contributed by atoms with van der Waals surface area (Å²) in [5, 5.41) is 10.8. The SMILES string of the molecule is CC(C=O)c1ccc(CCl)cc1[N+](=O)[O-]. The average molecular weight is 228 g/mol. The summed E-state index contributed by atoms with van der Waals surface area (Å²) < 4.78 is 0. The maximum Gasteiger partial charge on any atom is 0.273 e. The highest BCUT2D eigenvalue weighted by molar-refractivity contribution is 6.17. The predicted molar refractivity (Wildman–Crippen MR) is 57.1 cm³/mol. The number of nitro groups is 1. The Morgan fingerprint density at radius 3 is 2.73 bits per heavy atom. The number of alkyl halides is 1. The number of carbonyl (C=O) groups excluding carboxylic acids is 1. The van der Waals surface area contributed by atoms with Crippen molar-refractivity contribution >= 4 is 23.6 Å². The molecule has 0 aromatic heterocycles. The summed E-state index contributed by atoms with van der Waals surface area (Å²) in [6.45, 7) is 1.62. The molecule has 0 amide bonds. The monoisotopic (exact) mass is 227 g/mol. The predicted octanol–water partition coefficient (Wildman–Crippen LogP) is 2.64. The van der Waals surface area contributed by atoms with Gasteiger partial charge in [-0.15, -0.1) is 11.6 Å². The molecule has 0 bridgehead atoms. The van der Waals surface area contributed by atoms with E-state index in [9.17, 15) is 14.9 Å². The molecule has 0 spiro atoms. The summed E-state index contributed by atoms with van der Waals surface area (Å²) in [5.41, 5.74) is 1.04. The molecule has 1 atom stereocenters. The van der Waals surface area contributed by atoms with Crippen LogP contribution in [0.5, 0.6) is 0 Å². The maximum absolute atomic E-state index is 10.8. The van der Waals surface area contributed by atoms with E-state index in [0.717, 1.165) is 0 Å². The fourth-order valence-electron chi connectivity index (χ4n) is 1.29. The number of aldehydes is 1. The van der Waals surface area contributed by atoms with E-state index >= 15 is 0 Å². The number of halogens is 1. The topological polar surface area (TPSA) is 60.2 Å². The minimum atomic E-state index is -0.495. The molecular formula is C10H10ClNO3. The van der Waals surface area contributed by atoms with Gasteiger partial charge in [0, 0.05) is 23.4 Å². The zero-order valence-electron chi connectivity index (χ0n) is 8.14. The highest BCUT2D eigenvalue weighted by Crippen LogP contribution is 2.26. The fourth-order valence-corrected chi connectivity index (χ4v) is 1.46. The number of benzene rings is 1. The highest BCUT2D eigenvalue weighted by atomic mass is 35.5. The lowest BCUT2D eigenvalue weighted by molar-refractivity contribution is -0.385. The molecule has 0 saturated carbocycles. The molecule has 0 heterocycles. The van der Waals surface area contributed by atoms with E-state index in [2.05, 4.69) is 0 Å². The van der Waals surface area contributed by atoms with Crippen LogP contribution in [-0.2, 0) is 10.7 Å². The Hall–Kier alpha value is -1.42. The first-order chi connectivity index (χ1) is 7.10. The van der Waals surface area contributed by atoms with Crippen LogP contribution in [0.25, 0.3) is 0 Å². The summed E-state index contributed by atoms with van der Waals surface area (Å²) >= 11 is 5.58. The molecule has 0 aliphatic rings. The summed E-state index contributed by atoms with van der Waals surface area (Å²) in [6.07, 6.45) is 0.683. The molecule has 0 saturated heterocycles. The van der Waals surface area contributed by atoms with E-state index in [1.54, 1.807) is 19.1 Å². The molecule has 1 aromatic carbocycles. The van der Waals surface area contributed by atoms with Crippen molar-refractivity contribution in [3.8, 4) is 0 Å². The van der Waals surface area contributed by atoms with E-state index in [1.807, 2.05) is 0 Å². The van der Waals surface area contributed by atoms with Gasteiger partial charge in [-0.25, -0.2) is 0 Å². The van der Waals surface area contributed by atoms with Crippen molar-refractivity contribution in [1.82, 2.24) is 0 Å². The molecule has 0 radical (unpaired) electrons. The second-order valence-electron chi connectivity index (χ2n) is 3.21. The quantitative estimate of drug-likeness (QED) is 0.344. The molecule has 1 unspecified atom stereocenters. The van der Waals surface area contributed by atoms with Crippen LogP contribution in [0.2, 0.25) is 0 Å². The standard InChI is InChI=1S/C10H10ClNO3/c1-7(6-13)9-3-2-8(5-11)4-10(9)12(14)15/h2-4,6-7H,5H2,1H3. The Kier molecular flexibility index (Phi) is 3.80. The van der Waals surface area contributed by atoms with Gasteiger partial charge in [0.25, 0.3) is 5.69 Å². The molecule has 4 nitrogen and oxygen atoms in total. The van der Waals surface area contributed by atoms with Crippen molar-refractivity contribution in [2.24, 2.45) is 0 Å². The molecule has 0 aliphatic heterocycles. The van der Waals surface area contributed by atoms with Crippen molar-refractivity contribution in [2.45, 2.75) is 18.7 Å². The summed E-state index contributed by atoms with van der Waals surface area (Å²) in [5.74, 6) is -0.258. The van der Waals surface area contributed by atoms with Crippen LogP contribution >= 0.6 is 11.6 Å². The van der Waals surface area contributed by atoms with Gasteiger partial charge < -0.3 is 4.79 Å². The third-order valence-corrected chi connectivity index (χ3v) is 2.45. The van der Waals surface area contributed by atoms with Crippen molar-refractivity contribution in [1.29, 1.82) is 0 Å². The van der Waals surface area contributed by atoms with Gasteiger partial charge in [-0.05, 0) is 5.56 Å². The molecule has 5 heteroatoms. The number of hydrogen-bond donors (Lipinski definition) is 0. The van der Waals surface area contributed by atoms with E-state index in [-0.39, 0.29) is 11.6 Å². The molecule has 1 rings (SSSR count). The van der Waals surface area contributed by atoms with Crippen LogP contribution in [0.3, 0.4) is 0 Å². The van der Waals surface area contributed by atoms with Crippen molar-refractivity contribution in [2.75, 3.05) is 0 Å². The Balaban J connectivity index is 3.26. The maximum atomic E-state index is 10.8. The molecule has 0 N–H and O–H groups in total. The first kappa shape index (κ1) is 11.7. The third-order valence-electron chi connectivity index (χ3n) is 2.14. The zero-order chi connectivity index (χ0) is 11.4. The van der Waals surface area contributed by atoms with Gasteiger partial charge in [0.05, 0.1) is 4.92 Å². The van der Waals surface area contributed by atoms with Crippen molar-refractivity contribution < 1.29 is 9.72 Å². The summed E-state index contributed by atoms with van der Waals surface area (Å²) in [4.78, 5) is 20.8. The van der Waals surface area contributed by atoms with Crippen LogP contribution in [0.4, 0.5) is 5.69 Å². The second kappa shape index (κ2) is 4.89. The highest BCUT2D eigenvalue weighted by Gasteiger charge is 2.18. The number of nitrogens with zero attached hydrogens (tertiary/aromatic N) is 1. The number of hydrogen-bond acceptors (Lipinski definition) is 3. The second-order valence-corrected chi connectivity index (χ2v) is 3.48. The first-order valence-electron chi connectivity index (χ1n) is 4.38. The van der Waals surface area contributed by atoms with Gasteiger partial charge in [0.15, 0.2) is 0 Å². The number of nitro benzene ring substituents is 1. The summed E-state index contributed by atoms with van der Waals surface area (Å²) in [6, 6.07) is 4.67. The lowest BCUT2D eigenvalue weighted by Gasteiger charge is -2.06. The zero-order valence-corrected chi connectivity index (χ0v) is 8.90. The van der Waals surface area contributed by atoms with E-state index < -0.39 is 10.8 Å². The molecule has 15 heavy (non-hydrogen) atoms. The molecule has 1 aromatic rings. The molecule has 80 valence electrons. The van der Waals surface area contributed by atoms with Gasteiger partial charge in [-0.3, -0.25) is 10.1 Å². The molecule has 0 aliphatic carbocycles. The Morgan fingerprint density at radius 2 is 2.27 bits per heavy atom. The van der Waals surface area contributed by atoms with Gasteiger partial charge in [-0.1, -0.05) is 19.1 Å². The Morgan fingerprint density at radius 1 is 1.60 bits per heavy atom. The van der Waals surface area contributed by atoms with Crippen molar-refractivity contribution in [3.63, 3.8) is 0 Å².